The second kappa shape index (κ2) is 8.19. The summed E-state index contributed by atoms with van der Waals surface area (Å²) in [7, 11) is 0. The third-order valence-electron chi connectivity index (χ3n) is 7.98. The Labute approximate surface area is 239 Å². The molecule has 0 saturated heterocycles. The molecule has 9 rings (SSSR count). The van der Waals surface area contributed by atoms with Gasteiger partial charge in [0, 0.05) is 16.5 Å². The van der Waals surface area contributed by atoms with Crippen LogP contribution in [0.3, 0.4) is 0 Å². The zero-order valence-corrected chi connectivity index (χ0v) is 21.8. The number of nitrogens with zero attached hydrogens (tertiary/aromatic N) is 6. The molecule has 0 aliphatic rings. The highest BCUT2D eigenvalue weighted by Gasteiger charge is 2.19. The summed E-state index contributed by atoms with van der Waals surface area (Å²) in [5, 5.41) is 2.37. The lowest BCUT2D eigenvalue weighted by Gasteiger charge is -2.10. The molecule has 194 valence electrons. The molecule has 0 bridgehead atoms. The van der Waals surface area contributed by atoms with Gasteiger partial charge in [-0.15, -0.1) is 0 Å². The van der Waals surface area contributed by atoms with Crippen LogP contribution in [0.5, 0.6) is 0 Å². The molecule has 0 fully saturated rings. The van der Waals surface area contributed by atoms with Gasteiger partial charge >= 0.3 is 0 Å². The predicted octanol–water partition coefficient (Wildman–Crippen LogP) is 6.94. The highest BCUT2D eigenvalue weighted by atomic mass is 15.2. The normalized spacial score (nSPS) is 13.4. The van der Waals surface area contributed by atoms with Gasteiger partial charge in [-0.3, -0.25) is 13.5 Å². The number of aryl methyl sites for hydroxylation is 1. The Bertz CT molecular complexity index is 2510. The van der Waals surface area contributed by atoms with Gasteiger partial charge in [0.15, 0.2) is 5.82 Å². The second-order valence-electron chi connectivity index (χ2n) is 10.2. The number of benzene rings is 5. The molecular formula is C35H24N6. The number of hydrogen-bond acceptors (Lipinski definition) is 1. The summed E-state index contributed by atoms with van der Waals surface area (Å²) in [6, 6.07) is 40.6. The van der Waals surface area contributed by atoms with Gasteiger partial charge in [-0.25, -0.2) is 0 Å². The quantitative estimate of drug-likeness (QED) is 0.180. The highest BCUT2D eigenvalue weighted by Crippen LogP contribution is 2.33. The molecule has 0 radical (unpaired) electrons. The van der Waals surface area contributed by atoms with Crippen molar-refractivity contribution in [1.29, 1.82) is 0 Å². The molecule has 0 saturated carbocycles. The maximum Gasteiger partial charge on any atom is 0.244 e. The molecule has 4 aromatic heterocycles. The van der Waals surface area contributed by atoms with Gasteiger partial charge in [0.25, 0.3) is 0 Å². The molecule has 5 aromatic carbocycles. The monoisotopic (exact) mass is 531 g/mol. The Morgan fingerprint density at radius 2 is 1.32 bits per heavy atom. The molecule has 4 heterocycles. The van der Waals surface area contributed by atoms with Crippen LogP contribution in [0.1, 0.15) is 4.11 Å². The van der Waals surface area contributed by atoms with Crippen LogP contribution >= 0.6 is 0 Å². The zero-order chi connectivity index (χ0) is 29.6. The Kier molecular flexibility index (Phi) is 3.88. The first-order chi connectivity index (χ1) is 21.5. The summed E-state index contributed by atoms with van der Waals surface area (Å²) in [4.78, 5) is 5.25. The second-order valence-corrected chi connectivity index (χ2v) is 10.2. The molecule has 0 aliphatic heterocycles. The van der Waals surface area contributed by atoms with Crippen LogP contribution in [-0.2, 0) is 6.98 Å². The van der Waals surface area contributed by atoms with Crippen LogP contribution in [0.15, 0.2) is 128 Å². The third-order valence-corrected chi connectivity index (χ3v) is 7.98. The Hall–Kier alpha value is -5.62. The van der Waals surface area contributed by atoms with E-state index < -0.39 is 6.98 Å². The number of rotatable bonds is 3. The first-order valence-corrected chi connectivity index (χ1v) is 13.5. The molecule has 0 N–H and O–H groups in total. The van der Waals surface area contributed by atoms with E-state index in [1.165, 1.54) is 15.3 Å². The van der Waals surface area contributed by atoms with Gasteiger partial charge in [-0.05, 0) is 36.4 Å². The first kappa shape index (κ1) is 19.4. The summed E-state index contributed by atoms with van der Waals surface area (Å²) in [5.41, 5.74) is 7.31. The lowest BCUT2D eigenvalue weighted by Crippen LogP contribution is -2.29. The van der Waals surface area contributed by atoms with E-state index in [2.05, 4.69) is 86.7 Å². The lowest BCUT2D eigenvalue weighted by molar-refractivity contribution is -0.572. The summed E-state index contributed by atoms with van der Waals surface area (Å²) in [6.45, 7) is -2.36. The molecule has 0 unspecified atom stereocenters. The minimum atomic E-state index is -2.36. The van der Waals surface area contributed by atoms with Crippen LogP contribution in [0.2, 0.25) is 0 Å². The summed E-state index contributed by atoms with van der Waals surface area (Å²) >= 11 is 0. The average Bonchev–Trinajstić information content (AvgIpc) is 3.79. The van der Waals surface area contributed by atoms with Gasteiger partial charge in [0.05, 0.1) is 56.1 Å². The Morgan fingerprint density at radius 1 is 0.659 bits per heavy atom. The van der Waals surface area contributed by atoms with E-state index in [1.54, 1.807) is 0 Å². The average molecular weight is 532 g/mol. The highest BCUT2D eigenvalue weighted by molar-refractivity contribution is 6.09. The van der Waals surface area contributed by atoms with Crippen molar-refractivity contribution in [2.45, 2.75) is 0 Å². The topological polar surface area (TPSA) is 36.0 Å². The van der Waals surface area contributed by atoms with Gasteiger partial charge in [0.1, 0.15) is 0 Å². The predicted molar refractivity (Wildman–Crippen MR) is 163 cm³/mol. The molecule has 0 spiro atoms. The molecule has 0 aliphatic carbocycles. The van der Waals surface area contributed by atoms with E-state index >= 15 is 0 Å². The van der Waals surface area contributed by atoms with Crippen LogP contribution < -0.4 is 4.57 Å². The van der Waals surface area contributed by atoms with E-state index in [4.69, 9.17) is 9.10 Å². The van der Waals surface area contributed by atoms with Crippen molar-refractivity contribution in [3.8, 4) is 17.2 Å². The molecule has 9 aromatic rings. The fourth-order valence-electron chi connectivity index (χ4n) is 6.21. The molecule has 0 atom stereocenters. The minimum absolute atomic E-state index is 0.593. The Balaban J connectivity index is 1.29. The van der Waals surface area contributed by atoms with E-state index in [0.717, 1.165) is 50.6 Å². The van der Waals surface area contributed by atoms with Crippen molar-refractivity contribution in [2.75, 3.05) is 0 Å². The van der Waals surface area contributed by atoms with Crippen molar-refractivity contribution >= 4 is 49.7 Å². The smallest absolute Gasteiger partial charge is 0.244 e. The molecule has 6 nitrogen and oxygen atoms in total. The van der Waals surface area contributed by atoms with Crippen LogP contribution in [-0.4, -0.2) is 23.1 Å². The number of para-hydroxylation sites is 6. The van der Waals surface area contributed by atoms with E-state index in [-0.39, 0.29) is 0 Å². The first-order valence-electron chi connectivity index (χ1n) is 15.0. The SMILES string of the molecule is [2H]C([2H])([2H])n1[c-][n+](-c2cccc(-n3c4ccccc4n4cc(-n5c6ccccc6c6ccccc65)nc34)c2)c2ccccc21. The molecular weight excluding hydrogens is 504 g/mol. The third kappa shape index (κ3) is 3.07. The largest absolute Gasteiger partial charge is 0.319 e. The summed E-state index contributed by atoms with van der Waals surface area (Å²) in [6.07, 6.45) is 5.19. The van der Waals surface area contributed by atoms with Crippen molar-refractivity contribution < 1.29 is 8.68 Å². The number of aromatic nitrogens is 6. The summed E-state index contributed by atoms with van der Waals surface area (Å²) in [5.74, 6) is 1.61. The molecule has 6 heteroatoms. The van der Waals surface area contributed by atoms with Crippen LogP contribution in [0, 0.1) is 6.33 Å². The maximum atomic E-state index is 8.06. The van der Waals surface area contributed by atoms with Crippen LogP contribution in [0.25, 0.3) is 66.8 Å². The van der Waals surface area contributed by atoms with Gasteiger partial charge in [0.2, 0.25) is 12.1 Å². The van der Waals surface area contributed by atoms with Gasteiger partial charge in [-0.2, -0.15) is 4.98 Å². The fourth-order valence-corrected chi connectivity index (χ4v) is 6.21. The van der Waals surface area contributed by atoms with E-state index in [0.29, 0.717) is 5.52 Å². The van der Waals surface area contributed by atoms with Gasteiger partial charge in [-0.1, -0.05) is 84.9 Å². The number of fused-ring (bicyclic) bond motifs is 7. The van der Waals surface area contributed by atoms with E-state index in [9.17, 15) is 0 Å². The van der Waals surface area contributed by atoms with Gasteiger partial charge < -0.3 is 9.13 Å². The Morgan fingerprint density at radius 3 is 2.07 bits per heavy atom. The van der Waals surface area contributed by atoms with Crippen molar-refractivity contribution in [3.63, 3.8) is 0 Å². The number of imidazole rings is 3. The van der Waals surface area contributed by atoms with E-state index in [1.807, 2.05) is 65.2 Å². The lowest BCUT2D eigenvalue weighted by atomic mass is 10.2. The van der Waals surface area contributed by atoms with Crippen molar-refractivity contribution in [3.05, 3.63) is 134 Å². The maximum absolute atomic E-state index is 8.06. The van der Waals surface area contributed by atoms with Crippen molar-refractivity contribution in [2.24, 2.45) is 6.98 Å². The van der Waals surface area contributed by atoms with Crippen molar-refractivity contribution in [1.82, 2.24) is 23.1 Å². The minimum Gasteiger partial charge on any atom is -0.319 e. The van der Waals surface area contributed by atoms with Crippen LogP contribution in [0.4, 0.5) is 0 Å². The zero-order valence-electron chi connectivity index (χ0n) is 24.8. The molecule has 41 heavy (non-hydrogen) atoms. The summed E-state index contributed by atoms with van der Waals surface area (Å²) < 4.78 is 33.7. The fraction of sp³-hybridized carbons (Fsp3) is 0.0286. The number of hydrogen-bond donors (Lipinski definition) is 0. The standard InChI is InChI=1S/C35H24N6/c1-37-23-39(31-18-7-6-17-30(31)37)24-11-10-12-25(21-24)40-33-20-9-8-19-32(33)38-22-34(36-35(38)40)41-28-15-4-2-13-26(28)27-14-3-5-16-29(27)41/h2-22H,1H3/i1D3. The molecule has 0 amide bonds.